The van der Waals surface area contributed by atoms with E-state index in [0.29, 0.717) is 29.5 Å². The normalized spacial score (nSPS) is 10.8. The molecule has 7 heteroatoms. The van der Waals surface area contributed by atoms with E-state index in [1.54, 1.807) is 17.0 Å². The number of aromatic amines is 1. The van der Waals surface area contributed by atoms with E-state index in [1.165, 1.54) is 5.56 Å². The van der Waals surface area contributed by atoms with Crippen molar-refractivity contribution in [3.8, 4) is 11.4 Å². The summed E-state index contributed by atoms with van der Waals surface area (Å²) < 4.78 is 1.65. The van der Waals surface area contributed by atoms with Gasteiger partial charge in [0.15, 0.2) is 11.5 Å². The summed E-state index contributed by atoms with van der Waals surface area (Å²) in [6.07, 6.45) is 3.32. The quantitative estimate of drug-likeness (QED) is 0.422. The zero-order valence-corrected chi connectivity index (χ0v) is 17.2. The van der Waals surface area contributed by atoms with Gasteiger partial charge in [0.1, 0.15) is 5.52 Å². The van der Waals surface area contributed by atoms with Crippen molar-refractivity contribution in [3.63, 3.8) is 0 Å². The Bertz CT molecular complexity index is 1230. The van der Waals surface area contributed by atoms with Gasteiger partial charge < -0.3 is 16.5 Å². The molecule has 4 rings (SSSR count). The average molecular weight is 405 g/mol. The Morgan fingerprint density at radius 3 is 2.63 bits per heavy atom. The average Bonchev–Trinajstić information content (AvgIpc) is 3.04. The van der Waals surface area contributed by atoms with Crippen molar-refractivity contribution in [1.29, 1.82) is 0 Å². The summed E-state index contributed by atoms with van der Waals surface area (Å²) in [5.74, 6) is 0.974. The van der Waals surface area contributed by atoms with Crippen molar-refractivity contribution < 1.29 is 1.43 Å². The first-order chi connectivity index (χ1) is 14.1. The minimum Gasteiger partial charge on any atom is -0.362 e. The molecule has 2 aromatic carbocycles. The lowest BCUT2D eigenvalue weighted by Gasteiger charge is -2.11. The van der Waals surface area contributed by atoms with Crippen LogP contribution in [0.3, 0.4) is 0 Å². The monoisotopic (exact) mass is 404 g/mol. The van der Waals surface area contributed by atoms with E-state index in [2.05, 4.69) is 41.8 Å². The van der Waals surface area contributed by atoms with E-state index in [0.717, 1.165) is 16.8 Å². The fourth-order valence-corrected chi connectivity index (χ4v) is 3.43. The molecule has 0 saturated carbocycles. The number of benzene rings is 2. The van der Waals surface area contributed by atoms with Crippen LogP contribution in [0.5, 0.6) is 0 Å². The van der Waals surface area contributed by atoms with Crippen LogP contribution in [-0.4, -0.2) is 19.5 Å². The fourth-order valence-electron chi connectivity index (χ4n) is 3.43. The van der Waals surface area contributed by atoms with Crippen LogP contribution in [0.15, 0.2) is 72.3 Å². The maximum Gasteiger partial charge on any atom is 0.328 e. The van der Waals surface area contributed by atoms with Gasteiger partial charge in [-0.1, -0.05) is 56.8 Å². The Hall–Kier alpha value is -3.71. The first-order valence-electron chi connectivity index (χ1n) is 9.58. The zero-order chi connectivity index (χ0) is 20.4. The molecule has 0 aliphatic rings. The summed E-state index contributed by atoms with van der Waals surface area (Å²) in [5.41, 5.74) is 5.16. The summed E-state index contributed by atoms with van der Waals surface area (Å²) >= 11 is 0. The van der Waals surface area contributed by atoms with Gasteiger partial charge in [-0.2, -0.15) is 0 Å². The summed E-state index contributed by atoms with van der Waals surface area (Å²) in [5, 5.41) is 3.04. The summed E-state index contributed by atoms with van der Waals surface area (Å²) in [4.78, 5) is 24.7. The number of fused-ring (bicyclic) bond motifs is 1. The summed E-state index contributed by atoms with van der Waals surface area (Å²) in [7, 11) is 0. The maximum absolute atomic E-state index is 12.5. The molecule has 7 nitrogen and oxygen atoms in total. The molecule has 2 aromatic heterocycles. The van der Waals surface area contributed by atoms with E-state index in [9.17, 15) is 4.79 Å². The highest BCUT2D eigenvalue weighted by atomic mass is 16.1. The molecule has 0 spiro atoms. The molecule has 5 N–H and O–H groups in total. The molecule has 0 atom stereocenters. The predicted octanol–water partition coefficient (Wildman–Crippen LogP) is 4.92. The van der Waals surface area contributed by atoms with Crippen molar-refractivity contribution in [2.75, 3.05) is 5.32 Å². The molecule has 0 aliphatic carbocycles. The van der Waals surface area contributed by atoms with Crippen LogP contribution in [0.25, 0.3) is 22.6 Å². The van der Waals surface area contributed by atoms with Gasteiger partial charge >= 0.3 is 5.69 Å². The Balaban J connectivity index is 0.00000171. The number of anilines is 1. The van der Waals surface area contributed by atoms with Crippen molar-refractivity contribution in [2.24, 2.45) is 0 Å². The molecule has 0 amide bonds. The summed E-state index contributed by atoms with van der Waals surface area (Å²) in [6.45, 7) is 8.38. The van der Waals surface area contributed by atoms with Crippen molar-refractivity contribution >= 4 is 16.9 Å². The van der Waals surface area contributed by atoms with Gasteiger partial charge in [-0.3, -0.25) is 4.57 Å². The predicted molar refractivity (Wildman–Crippen MR) is 124 cm³/mol. The van der Waals surface area contributed by atoms with E-state index in [4.69, 9.17) is 4.98 Å². The Morgan fingerprint density at radius 1 is 1.20 bits per heavy atom. The second-order valence-electron chi connectivity index (χ2n) is 7.23. The number of nitrogens with one attached hydrogen (secondary N) is 2. The van der Waals surface area contributed by atoms with Crippen LogP contribution in [0.1, 0.15) is 32.3 Å². The molecule has 0 radical (unpaired) electrons. The van der Waals surface area contributed by atoms with Crippen LogP contribution in [0, 0.1) is 0 Å². The third-order valence-electron chi connectivity index (χ3n) is 4.90. The number of rotatable bonds is 6. The number of nitrogens with zero attached hydrogens (tertiary/aromatic N) is 3. The third kappa shape index (κ3) is 4.01. The number of hydrogen-bond donors (Lipinski definition) is 3. The van der Waals surface area contributed by atoms with E-state index >= 15 is 0 Å². The minimum atomic E-state index is -0.197. The van der Waals surface area contributed by atoms with E-state index < -0.39 is 0 Å². The number of imidazole rings is 1. The molecular weight excluding hydrogens is 376 g/mol. The second kappa shape index (κ2) is 8.75. The largest absolute Gasteiger partial charge is 0.362 e. The van der Waals surface area contributed by atoms with Gasteiger partial charge in [-0.05, 0) is 35.4 Å². The molecule has 2 heterocycles. The van der Waals surface area contributed by atoms with Gasteiger partial charge in [0.25, 0.3) is 0 Å². The molecule has 0 bridgehead atoms. The topological polar surface area (TPSA) is 111 Å². The van der Waals surface area contributed by atoms with Crippen LogP contribution < -0.4 is 17.2 Å². The van der Waals surface area contributed by atoms with Crippen LogP contribution >= 0.6 is 0 Å². The highest BCUT2D eigenvalue weighted by Crippen LogP contribution is 2.27. The van der Waals surface area contributed by atoms with Gasteiger partial charge in [0, 0.05) is 12.7 Å². The van der Waals surface area contributed by atoms with Crippen LogP contribution in [0.2, 0.25) is 0 Å². The smallest absolute Gasteiger partial charge is 0.328 e. The number of hydrogen-bond acceptors (Lipinski definition) is 5. The van der Waals surface area contributed by atoms with Crippen molar-refractivity contribution in [1.82, 2.24) is 25.7 Å². The van der Waals surface area contributed by atoms with E-state index in [1.807, 2.05) is 42.5 Å². The van der Waals surface area contributed by atoms with E-state index in [-0.39, 0.29) is 13.3 Å². The van der Waals surface area contributed by atoms with Gasteiger partial charge in [-0.15, -0.1) is 0 Å². The van der Waals surface area contributed by atoms with Gasteiger partial charge in [0.2, 0.25) is 0 Å². The highest BCUT2D eigenvalue weighted by Gasteiger charge is 2.14. The molecule has 0 fully saturated rings. The highest BCUT2D eigenvalue weighted by molar-refractivity contribution is 5.73. The maximum atomic E-state index is 12.5. The molecule has 0 saturated heterocycles. The summed E-state index contributed by atoms with van der Waals surface area (Å²) in [6, 6.07) is 16.0. The fraction of sp³-hybridized carbons (Fsp3) is 0.174. The third-order valence-corrected chi connectivity index (χ3v) is 4.90. The Kier molecular flexibility index (Phi) is 6.13. The molecular formula is C23H28N6O. The molecule has 0 aliphatic heterocycles. The Morgan fingerprint density at radius 2 is 1.93 bits per heavy atom. The van der Waals surface area contributed by atoms with Crippen LogP contribution in [0.4, 0.5) is 5.69 Å². The van der Waals surface area contributed by atoms with Crippen LogP contribution in [-0.2, 0) is 6.54 Å². The lowest BCUT2D eigenvalue weighted by Crippen LogP contribution is -2.17. The molecule has 4 aromatic rings. The zero-order valence-electron chi connectivity index (χ0n) is 17.2. The lowest BCUT2D eigenvalue weighted by molar-refractivity contribution is 0.777. The molecule has 0 unspecified atom stereocenters. The SMILES string of the molecule is C=CNc1ccc(Cn2c(=O)[nH]c3cnc(-c4ccccc4C(C)C)nc32)cc1.N.[HH]. The van der Waals surface area contributed by atoms with Crippen molar-refractivity contribution in [2.45, 2.75) is 26.3 Å². The molecule has 156 valence electrons. The number of aromatic nitrogens is 4. The molecule has 30 heavy (non-hydrogen) atoms. The van der Waals surface area contributed by atoms with Gasteiger partial charge in [-0.25, -0.2) is 14.8 Å². The first-order valence-corrected chi connectivity index (χ1v) is 9.58. The second-order valence-corrected chi connectivity index (χ2v) is 7.23. The Labute approximate surface area is 176 Å². The first kappa shape index (κ1) is 21.0. The number of H-pyrrole nitrogens is 1. The standard InChI is InChI=1S/C23H23N5O.H3N.H2/c1-4-24-17-11-9-16(10-12-17)14-28-22-20(26-23(28)29)13-25-21(27-22)19-8-6-5-7-18(19)15(2)3;;/h4-13,15,24H,1,14H2,2-3H3,(H,26,29);1H3;1H. The minimum absolute atomic E-state index is 0. The van der Waals surface area contributed by atoms with Crippen molar-refractivity contribution in [3.05, 3.63) is 89.1 Å². The van der Waals surface area contributed by atoms with Gasteiger partial charge in [0.05, 0.1) is 12.7 Å². The lowest BCUT2D eigenvalue weighted by atomic mass is 9.97.